The smallest absolute Gasteiger partial charge is 0.0159 e. The van der Waals surface area contributed by atoms with Crippen molar-refractivity contribution in [3.05, 3.63) is 229 Å². The molecule has 0 heteroatoms. The van der Waals surface area contributed by atoms with E-state index in [9.17, 15) is 0 Å². The Hall–Kier alpha value is -7.54. The van der Waals surface area contributed by atoms with Gasteiger partial charge in [0.1, 0.15) is 0 Å². The van der Waals surface area contributed by atoms with Crippen LogP contribution in [0.15, 0.2) is 206 Å². The van der Waals surface area contributed by atoms with E-state index in [0.29, 0.717) is 0 Å². The Bertz CT molecular complexity index is 3770. The van der Waals surface area contributed by atoms with Crippen LogP contribution in [0.4, 0.5) is 0 Å². The Morgan fingerprint density at radius 2 is 0.656 bits per heavy atom. The molecule has 0 saturated carbocycles. The second kappa shape index (κ2) is 13.5. The molecule has 0 amide bonds. The van der Waals surface area contributed by atoms with Gasteiger partial charge in [-0.05, 0) is 162 Å². The third-order valence-electron chi connectivity index (χ3n) is 15.0. The molecule has 0 unspecified atom stereocenters. The molecular formula is C64H46. The van der Waals surface area contributed by atoms with Crippen molar-refractivity contribution in [1.82, 2.24) is 0 Å². The summed E-state index contributed by atoms with van der Waals surface area (Å²) in [5.41, 5.74) is 20.9. The minimum absolute atomic E-state index is 0.0755. The predicted octanol–water partition coefficient (Wildman–Crippen LogP) is 17.6. The van der Waals surface area contributed by atoms with Gasteiger partial charge in [-0.3, -0.25) is 0 Å². The van der Waals surface area contributed by atoms with Crippen LogP contribution in [-0.2, 0) is 10.8 Å². The number of hydrogen-bond acceptors (Lipinski definition) is 0. The van der Waals surface area contributed by atoms with Crippen molar-refractivity contribution in [3.8, 4) is 66.8 Å². The van der Waals surface area contributed by atoms with Crippen molar-refractivity contribution in [2.45, 2.75) is 38.5 Å². The monoisotopic (exact) mass is 814 g/mol. The van der Waals surface area contributed by atoms with E-state index in [2.05, 4.69) is 234 Å². The van der Waals surface area contributed by atoms with E-state index in [0.717, 1.165) is 0 Å². The molecule has 11 aromatic carbocycles. The molecule has 0 atom stereocenters. The van der Waals surface area contributed by atoms with E-state index < -0.39 is 0 Å². The summed E-state index contributed by atoms with van der Waals surface area (Å²) in [6.45, 7) is 9.52. The molecule has 11 aromatic rings. The minimum atomic E-state index is -0.105. The Morgan fingerprint density at radius 3 is 1.34 bits per heavy atom. The molecule has 0 fully saturated rings. The lowest BCUT2D eigenvalue weighted by atomic mass is 9.80. The maximum atomic E-state index is 2.50. The van der Waals surface area contributed by atoms with E-state index in [4.69, 9.17) is 0 Å². The molecule has 302 valence electrons. The highest BCUT2D eigenvalue weighted by atomic mass is 14.4. The van der Waals surface area contributed by atoms with Gasteiger partial charge in [0.05, 0.1) is 0 Å². The van der Waals surface area contributed by atoms with E-state index in [-0.39, 0.29) is 10.8 Å². The van der Waals surface area contributed by atoms with Crippen LogP contribution in [0, 0.1) is 0 Å². The lowest BCUT2D eigenvalue weighted by molar-refractivity contribution is 0.660. The maximum Gasteiger partial charge on any atom is 0.0159 e. The first kappa shape index (κ1) is 37.1. The number of hydrogen-bond donors (Lipinski definition) is 0. The Kier molecular flexibility index (Phi) is 7.80. The SMILES string of the molecule is CC1(C)c2ccccc2-c2ccc(-c3ccc4c(-c5ccc6cc(-c7cccc8ccccc78)ccc6c5)c5ccccc5c(-c5ccc6c(c5)C(C)(C)c5ccccc5-6)c4c3)cc21. The first-order chi connectivity index (χ1) is 31.2. The van der Waals surface area contributed by atoms with Crippen molar-refractivity contribution in [3.63, 3.8) is 0 Å². The lowest BCUT2D eigenvalue weighted by Gasteiger charge is -2.23. The molecule has 0 heterocycles. The van der Waals surface area contributed by atoms with Gasteiger partial charge in [-0.2, -0.15) is 0 Å². The zero-order valence-electron chi connectivity index (χ0n) is 36.6. The summed E-state index contributed by atoms with van der Waals surface area (Å²) in [7, 11) is 0. The molecular weight excluding hydrogens is 769 g/mol. The minimum Gasteiger partial charge on any atom is -0.0619 e. The summed E-state index contributed by atoms with van der Waals surface area (Å²) in [5.74, 6) is 0. The van der Waals surface area contributed by atoms with Gasteiger partial charge in [-0.1, -0.05) is 204 Å². The fraction of sp³-hybridized carbons (Fsp3) is 0.0938. The summed E-state index contributed by atoms with van der Waals surface area (Å²) in [6.07, 6.45) is 0. The molecule has 2 aliphatic carbocycles. The molecule has 0 aliphatic heterocycles. The van der Waals surface area contributed by atoms with Crippen molar-refractivity contribution in [1.29, 1.82) is 0 Å². The average molecular weight is 815 g/mol. The topological polar surface area (TPSA) is 0 Å². The van der Waals surface area contributed by atoms with Crippen LogP contribution in [0.2, 0.25) is 0 Å². The van der Waals surface area contributed by atoms with Gasteiger partial charge in [0.2, 0.25) is 0 Å². The van der Waals surface area contributed by atoms with Gasteiger partial charge in [-0.15, -0.1) is 0 Å². The van der Waals surface area contributed by atoms with Crippen LogP contribution in [0.3, 0.4) is 0 Å². The van der Waals surface area contributed by atoms with Crippen LogP contribution in [0.1, 0.15) is 49.9 Å². The predicted molar refractivity (Wildman–Crippen MR) is 273 cm³/mol. The Balaban J connectivity index is 1.03. The zero-order chi connectivity index (χ0) is 42.9. The third kappa shape index (κ3) is 5.29. The molecule has 0 saturated heterocycles. The van der Waals surface area contributed by atoms with Crippen molar-refractivity contribution in [2.75, 3.05) is 0 Å². The van der Waals surface area contributed by atoms with Crippen molar-refractivity contribution >= 4 is 43.1 Å². The highest BCUT2D eigenvalue weighted by Crippen LogP contribution is 2.53. The van der Waals surface area contributed by atoms with Gasteiger partial charge in [0.15, 0.2) is 0 Å². The summed E-state index contributed by atoms with van der Waals surface area (Å²) >= 11 is 0. The van der Waals surface area contributed by atoms with Crippen LogP contribution in [0.25, 0.3) is 110 Å². The standard InChI is InChI=1S/C64H46/c1-63(2)57-22-11-9-17-49(57)51-31-28-43(37-59(51)63)42-29-33-55-56(36-42)62(46-30-32-52-50-18-10-12-23-58(50)64(3,4)60(52)38-46)54-20-8-7-19-53(54)61(55)45-27-25-40-34-44(26-24-41(40)35-45)48-21-13-15-39-14-5-6-16-47(39)48/h5-38H,1-4H3. The van der Waals surface area contributed by atoms with E-state index in [1.165, 1.54) is 132 Å². The second-order valence-corrected chi connectivity index (χ2v) is 19.2. The molecule has 0 bridgehead atoms. The number of rotatable bonds is 4. The van der Waals surface area contributed by atoms with Crippen LogP contribution in [-0.4, -0.2) is 0 Å². The van der Waals surface area contributed by atoms with Gasteiger partial charge < -0.3 is 0 Å². The first-order valence-electron chi connectivity index (χ1n) is 22.7. The lowest BCUT2D eigenvalue weighted by Crippen LogP contribution is -2.14. The normalized spacial score (nSPS) is 14.2. The largest absolute Gasteiger partial charge is 0.0619 e. The fourth-order valence-corrected chi connectivity index (χ4v) is 11.8. The van der Waals surface area contributed by atoms with Crippen LogP contribution in [0.5, 0.6) is 0 Å². The average Bonchev–Trinajstić information content (AvgIpc) is 3.71. The van der Waals surface area contributed by atoms with E-state index in [1.54, 1.807) is 0 Å². The Labute approximate surface area is 375 Å². The number of benzene rings is 11. The molecule has 0 radical (unpaired) electrons. The first-order valence-corrected chi connectivity index (χ1v) is 22.7. The molecule has 0 spiro atoms. The van der Waals surface area contributed by atoms with Gasteiger partial charge in [-0.25, -0.2) is 0 Å². The molecule has 64 heavy (non-hydrogen) atoms. The summed E-state index contributed by atoms with van der Waals surface area (Å²) in [5, 5.41) is 10.1. The van der Waals surface area contributed by atoms with Crippen LogP contribution < -0.4 is 0 Å². The third-order valence-corrected chi connectivity index (χ3v) is 15.0. The zero-order valence-corrected chi connectivity index (χ0v) is 36.6. The second-order valence-electron chi connectivity index (χ2n) is 19.2. The maximum absolute atomic E-state index is 2.50. The summed E-state index contributed by atoms with van der Waals surface area (Å²) < 4.78 is 0. The molecule has 0 nitrogen and oxygen atoms in total. The fourth-order valence-electron chi connectivity index (χ4n) is 11.8. The van der Waals surface area contributed by atoms with Gasteiger partial charge in [0, 0.05) is 10.8 Å². The number of fused-ring (bicyclic) bond motifs is 10. The molecule has 13 rings (SSSR count). The van der Waals surface area contributed by atoms with Crippen LogP contribution >= 0.6 is 0 Å². The molecule has 0 N–H and O–H groups in total. The van der Waals surface area contributed by atoms with Crippen molar-refractivity contribution < 1.29 is 0 Å². The Morgan fingerprint density at radius 1 is 0.234 bits per heavy atom. The molecule has 2 aliphatic rings. The molecule has 0 aromatic heterocycles. The van der Waals surface area contributed by atoms with Gasteiger partial charge in [0.25, 0.3) is 0 Å². The van der Waals surface area contributed by atoms with E-state index in [1.807, 2.05) is 0 Å². The van der Waals surface area contributed by atoms with Crippen molar-refractivity contribution in [2.24, 2.45) is 0 Å². The van der Waals surface area contributed by atoms with E-state index >= 15 is 0 Å². The summed E-state index contributed by atoms with van der Waals surface area (Å²) in [4.78, 5) is 0. The highest BCUT2D eigenvalue weighted by molar-refractivity contribution is 6.22. The highest BCUT2D eigenvalue weighted by Gasteiger charge is 2.37. The summed E-state index contributed by atoms with van der Waals surface area (Å²) in [6, 6.07) is 78.0. The van der Waals surface area contributed by atoms with Gasteiger partial charge >= 0.3 is 0 Å². The quantitative estimate of drug-likeness (QED) is 0.155.